The van der Waals surface area contributed by atoms with Gasteiger partial charge in [-0.15, -0.1) is 4.95 Å². The fourth-order valence-corrected chi connectivity index (χ4v) is 3.07. The van der Waals surface area contributed by atoms with Crippen LogP contribution in [0.3, 0.4) is 0 Å². The standard InChI is InChI=1S/C22H3F10N5/c1-34-9(6-33)7-3-4-8(36-35-2)10(5-7)37(21-17(29)13(25)11(23)14(26)18(21)30)22-19(31)15(27)12(24)16(28)20(22)32/h3-5H/b9-7+,36-8-. The second-order valence-electron chi connectivity index (χ2n) is 6.65. The summed E-state index contributed by atoms with van der Waals surface area (Å²) >= 11 is 0. The summed E-state index contributed by atoms with van der Waals surface area (Å²) in [6, 6.07) is 1.38. The Morgan fingerprint density at radius 1 is 0.703 bits per heavy atom. The van der Waals surface area contributed by atoms with E-state index in [4.69, 9.17) is 18.4 Å². The molecule has 0 N–H and O–H groups in total. The van der Waals surface area contributed by atoms with Crippen molar-refractivity contribution in [2.24, 2.45) is 5.10 Å². The van der Waals surface area contributed by atoms with Gasteiger partial charge in [0.25, 0.3) is 5.70 Å². The Labute approximate surface area is 199 Å². The van der Waals surface area contributed by atoms with Crippen LogP contribution in [0.5, 0.6) is 0 Å². The number of hydrogen-bond acceptors (Lipinski definition) is 3. The van der Waals surface area contributed by atoms with E-state index in [9.17, 15) is 43.9 Å². The number of benzene rings is 2. The van der Waals surface area contributed by atoms with Crippen LogP contribution < -0.4 is 4.90 Å². The number of halogens is 10. The van der Waals surface area contributed by atoms with Crippen molar-refractivity contribution >= 4 is 17.1 Å². The Morgan fingerprint density at radius 2 is 1.11 bits per heavy atom. The molecule has 37 heavy (non-hydrogen) atoms. The zero-order chi connectivity index (χ0) is 27.8. The Morgan fingerprint density at radius 3 is 1.46 bits per heavy atom. The molecule has 0 saturated heterocycles. The topological polar surface area (TPSA) is 48.1 Å². The lowest BCUT2D eigenvalue weighted by Gasteiger charge is -2.30. The molecule has 0 spiro atoms. The summed E-state index contributed by atoms with van der Waals surface area (Å²) < 4.78 is 143. The minimum absolute atomic E-state index is 0.483. The normalized spacial score (nSPS) is 15.1. The van der Waals surface area contributed by atoms with Crippen LogP contribution in [0.15, 0.2) is 40.3 Å². The van der Waals surface area contributed by atoms with Gasteiger partial charge >= 0.3 is 0 Å². The van der Waals surface area contributed by atoms with Gasteiger partial charge < -0.3 is 0 Å². The van der Waals surface area contributed by atoms with Crippen molar-refractivity contribution in [1.82, 2.24) is 0 Å². The second kappa shape index (κ2) is 9.87. The number of nitrogens with zero attached hydrogens (tertiary/aromatic N) is 5. The van der Waals surface area contributed by atoms with Gasteiger partial charge in [0.05, 0.1) is 23.4 Å². The lowest BCUT2D eigenvalue weighted by molar-refractivity contribution is 0.374. The van der Waals surface area contributed by atoms with E-state index in [1.165, 1.54) is 6.07 Å². The second-order valence-corrected chi connectivity index (χ2v) is 6.65. The number of allylic oxidation sites excluding steroid dienone is 5. The van der Waals surface area contributed by atoms with Gasteiger partial charge in [0.2, 0.25) is 11.6 Å². The maximum atomic E-state index is 14.8. The van der Waals surface area contributed by atoms with Gasteiger partial charge in [-0.3, -0.25) is 4.90 Å². The summed E-state index contributed by atoms with van der Waals surface area (Å²) in [6.07, 6.45) is 2.10. The van der Waals surface area contributed by atoms with Crippen LogP contribution in [-0.2, 0) is 0 Å². The Bertz CT molecular complexity index is 1470. The molecule has 0 atom stereocenters. The highest BCUT2D eigenvalue weighted by atomic mass is 19.2. The smallest absolute Gasteiger partial charge is 0.269 e. The third-order valence-corrected chi connectivity index (χ3v) is 4.69. The number of nitriles is 1. The minimum Gasteiger partial charge on any atom is -0.297 e. The predicted octanol–water partition coefficient (Wildman–Crippen LogP) is 6.64. The van der Waals surface area contributed by atoms with E-state index in [0.717, 1.165) is 12.2 Å². The predicted molar refractivity (Wildman–Crippen MR) is 105 cm³/mol. The van der Waals surface area contributed by atoms with Crippen molar-refractivity contribution < 1.29 is 43.9 Å². The first-order chi connectivity index (χ1) is 17.4. The molecule has 0 radical (unpaired) electrons. The first-order valence-corrected chi connectivity index (χ1v) is 9.12. The van der Waals surface area contributed by atoms with Crippen LogP contribution in [0.25, 0.3) is 9.80 Å². The maximum absolute atomic E-state index is 14.8. The molecule has 0 heterocycles. The molecule has 0 bridgehead atoms. The first kappa shape index (κ1) is 26.5. The number of anilines is 2. The molecule has 2 aromatic rings. The SMILES string of the molecule is [C-]#[N+]/N=C1C=C/C(=C(/C#N)[N+]#[C-])C=C/1N(c1c(F)c(F)c(F)c(F)c1F)c1c(F)c(F)c(F)c(F)c1F. The first-order valence-electron chi connectivity index (χ1n) is 9.12. The van der Waals surface area contributed by atoms with Crippen LogP contribution in [-0.4, -0.2) is 5.71 Å². The van der Waals surface area contributed by atoms with Crippen LogP contribution >= 0.6 is 0 Å². The zero-order valence-electron chi connectivity index (χ0n) is 17.2. The van der Waals surface area contributed by atoms with E-state index in [2.05, 4.69) is 14.9 Å². The molecule has 0 aromatic heterocycles. The summed E-state index contributed by atoms with van der Waals surface area (Å²) in [4.78, 5) is 4.79. The third kappa shape index (κ3) is 4.15. The van der Waals surface area contributed by atoms with Gasteiger partial charge in [-0.2, -0.15) is 6.57 Å². The van der Waals surface area contributed by atoms with Crippen LogP contribution in [0.4, 0.5) is 55.3 Å². The van der Waals surface area contributed by atoms with E-state index in [0.29, 0.717) is 6.08 Å². The van der Waals surface area contributed by atoms with Gasteiger partial charge in [-0.25, -0.2) is 54.0 Å². The van der Waals surface area contributed by atoms with Crippen LogP contribution in [0.2, 0.25) is 0 Å². The van der Waals surface area contributed by atoms with Gasteiger partial charge in [0.1, 0.15) is 11.4 Å². The monoisotopic (exact) mass is 527 g/mol. The Hall–Kier alpha value is -5.10. The molecular weight excluding hydrogens is 524 g/mol. The lowest BCUT2D eigenvalue weighted by atomic mass is 10.0. The summed E-state index contributed by atoms with van der Waals surface area (Å²) in [7, 11) is 0. The summed E-state index contributed by atoms with van der Waals surface area (Å²) in [5.74, 6) is -27.2. The van der Waals surface area contributed by atoms with Gasteiger partial charge in [-0.1, -0.05) is 6.08 Å². The third-order valence-electron chi connectivity index (χ3n) is 4.69. The molecule has 0 fully saturated rings. The van der Waals surface area contributed by atoms with E-state index < -0.39 is 97.1 Å². The molecule has 1 aliphatic carbocycles. The van der Waals surface area contributed by atoms with Gasteiger partial charge in [-0.05, 0) is 17.7 Å². The van der Waals surface area contributed by atoms with E-state index in [-0.39, 0.29) is 0 Å². The number of hydrogen-bond donors (Lipinski definition) is 0. The zero-order valence-corrected chi connectivity index (χ0v) is 17.2. The molecule has 186 valence electrons. The fourth-order valence-electron chi connectivity index (χ4n) is 3.07. The van der Waals surface area contributed by atoms with Crippen molar-refractivity contribution in [3.8, 4) is 6.07 Å². The van der Waals surface area contributed by atoms with Gasteiger partial charge in [0, 0.05) is 0 Å². The molecule has 1 aliphatic rings. The molecule has 0 aliphatic heterocycles. The molecule has 0 amide bonds. The Kier molecular flexibility index (Phi) is 7.07. The molecule has 2 aromatic carbocycles. The van der Waals surface area contributed by atoms with E-state index in [1.807, 2.05) is 0 Å². The average molecular weight is 527 g/mol. The Balaban J connectivity index is 2.64. The maximum Gasteiger partial charge on any atom is 0.269 e. The van der Waals surface area contributed by atoms with Crippen molar-refractivity contribution in [3.63, 3.8) is 0 Å². The van der Waals surface area contributed by atoms with Crippen molar-refractivity contribution in [3.05, 3.63) is 116 Å². The quantitative estimate of drug-likeness (QED) is 0.112. The summed E-state index contributed by atoms with van der Waals surface area (Å²) in [5, 5.41) is 12.2. The van der Waals surface area contributed by atoms with E-state index in [1.54, 1.807) is 0 Å². The largest absolute Gasteiger partial charge is 0.297 e. The molecular formula is C22H3F10N5. The minimum atomic E-state index is -2.74. The van der Waals surface area contributed by atoms with Crippen molar-refractivity contribution in [2.45, 2.75) is 0 Å². The average Bonchev–Trinajstić information content (AvgIpc) is 2.89. The number of rotatable bonds is 3. The lowest BCUT2D eigenvalue weighted by Crippen LogP contribution is -2.29. The highest BCUT2D eigenvalue weighted by Crippen LogP contribution is 2.43. The van der Waals surface area contributed by atoms with Gasteiger partial charge in [0.15, 0.2) is 52.2 Å². The molecule has 5 nitrogen and oxygen atoms in total. The van der Waals surface area contributed by atoms with Crippen molar-refractivity contribution in [1.29, 1.82) is 5.26 Å². The van der Waals surface area contributed by atoms with E-state index >= 15 is 0 Å². The molecule has 15 heteroatoms. The molecule has 3 rings (SSSR count). The van der Waals surface area contributed by atoms with Crippen LogP contribution in [0, 0.1) is 82.6 Å². The fraction of sp³-hybridized carbons (Fsp3) is 0. The summed E-state index contributed by atoms with van der Waals surface area (Å²) in [5.41, 5.74) is -7.79. The summed E-state index contributed by atoms with van der Waals surface area (Å²) in [6.45, 7) is 13.8. The van der Waals surface area contributed by atoms with Crippen LogP contribution in [0.1, 0.15) is 0 Å². The van der Waals surface area contributed by atoms with Crippen molar-refractivity contribution in [2.75, 3.05) is 4.90 Å². The molecule has 0 saturated carbocycles. The molecule has 0 unspecified atom stereocenters. The highest BCUT2D eigenvalue weighted by molar-refractivity contribution is 6.14. The highest BCUT2D eigenvalue weighted by Gasteiger charge is 2.39.